The lowest BCUT2D eigenvalue weighted by atomic mass is 10.0. The Morgan fingerprint density at radius 3 is 2.83 bits per heavy atom. The summed E-state index contributed by atoms with van der Waals surface area (Å²) in [7, 11) is 0. The van der Waals surface area contributed by atoms with Gasteiger partial charge < -0.3 is 9.64 Å². The van der Waals surface area contributed by atoms with Gasteiger partial charge in [-0.15, -0.1) is 0 Å². The molecular formula is C14H26N2O2. The Balaban J connectivity index is 2.08. The summed E-state index contributed by atoms with van der Waals surface area (Å²) in [6.45, 7) is 7.14. The van der Waals surface area contributed by atoms with E-state index in [9.17, 15) is 4.79 Å². The van der Waals surface area contributed by atoms with Crippen LogP contribution in [-0.2, 0) is 9.53 Å². The lowest BCUT2D eigenvalue weighted by Gasteiger charge is -2.37. The van der Waals surface area contributed by atoms with Gasteiger partial charge in [0.05, 0.1) is 18.3 Å². The van der Waals surface area contributed by atoms with Crippen LogP contribution in [0.25, 0.3) is 0 Å². The summed E-state index contributed by atoms with van der Waals surface area (Å²) < 4.78 is 5.59. The summed E-state index contributed by atoms with van der Waals surface area (Å²) in [5.41, 5.74) is 0. The quantitative estimate of drug-likeness (QED) is 0.833. The molecule has 0 aromatic rings. The number of nitrogens with one attached hydrogen (secondary N) is 1. The van der Waals surface area contributed by atoms with Crippen LogP contribution in [0.3, 0.4) is 0 Å². The third-order valence-corrected chi connectivity index (χ3v) is 4.10. The topological polar surface area (TPSA) is 41.6 Å². The summed E-state index contributed by atoms with van der Waals surface area (Å²) in [5, 5.41) is 3.49. The molecule has 4 atom stereocenters. The molecule has 2 fully saturated rings. The molecule has 0 aromatic carbocycles. The van der Waals surface area contributed by atoms with Crippen molar-refractivity contribution in [3.05, 3.63) is 0 Å². The fraction of sp³-hybridized carbons (Fsp3) is 0.929. The average Bonchev–Trinajstić information content (AvgIpc) is 2.66. The second kappa shape index (κ2) is 6.02. The van der Waals surface area contributed by atoms with Gasteiger partial charge in [-0.05, 0) is 32.6 Å². The van der Waals surface area contributed by atoms with E-state index in [2.05, 4.69) is 31.0 Å². The number of hydrogen-bond donors (Lipinski definition) is 1. The Kier molecular flexibility index (Phi) is 4.62. The third kappa shape index (κ3) is 2.69. The number of amides is 1. The van der Waals surface area contributed by atoms with Gasteiger partial charge in [0.1, 0.15) is 0 Å². The highest BCUT2D eigenvalue weighted by Crippen LogP contribution is 2.27. The number of hydrogen-bond acceptors (Lipinski definition) is 3. The molecule has 4 unspecified atom stereocenters. The van der Waals surface area contributed by atoms with Crippen LogP contribution in [0.5, 0.6) is 0 Å². The monoisotopic (exact) mass is 254 g/mol. The first-order valence-electron chi connectivity index (χ1n) is 7.37. The molecule has 2 aliphatic heterocycles. The molecule has 104 valence electrons. The van der Waals surface area contributed by atoms with Crippen molar-refractivity contribution in [1.29, 1.82) is 0 Å². The van der Waals surface area contributed by atoms with Crippen molar-refractivity contribution in [1.82, 2.24) is 10.2 Å². The minimum Gasteiger partial charge on any atom is -0.378 e. The maximum absolute atomic E-state index is 12.5. The molecule has 0 bridgehead atoms. The van der Waals surface area contributed by atoms with Crippen LogP contribution in [0.4, 0.5) is 0 Å². The fourth-order valence-corrected chi connectivity index (χ4v) is 3.17. The van der Waals surface area contributed by atoms with Crippen molar-refractivity contribution in [3.63, 3.8) is 0 Å². The Morgan fingerprint density at radius 2 is 2.22 bits per heavy atom. The zero-order chi connectivity index (χ0) is 13.1. The van der Waals surface area contributed by atoms with E-state index in [0.29, 0.717) is 11.9 Å². The summed E-state index contributed by atoms with van der Waals surface area (Å²) >= 11 is 0. The van der Waals surface area contributed by atoms with Gasteiger partial charge in [-0.1, -0.05) is 20.3 Å². The fourth-order valence-electron chi connectivity index (χ4n) is 3.17. The van der Waals surface area contributed by atoms with Gasteiger partial charge >= 0.3 is 0 Å². The molecular weight excluding hydrogens is 228 g/mol. The number of ether oxygens (including phenoxy) is 1. The van der Waals surface area contributed by atoms with Crippen molar-refractivity contribution in [2.75, 3.05) is 6.61 Å². The second-order valence-electron chi connectivity index (χ2n) is 5.54. The van der Waals surface area contributed by atoms with Gasteiger partial charge in [-0.3, -0.25) is 10.1 Å². The second-order valence-corrected chi connectivity index (χ2v) is 5.54. The summed E-state index contributed by atoms with van der Waals surface area (Å²) in [5.74, 6) is 0.301. The molecule has 1 amide bonds. The summed E-state index contributed by atoms with van der Waals surface area (Å²) in [6.07, 6.45) is 5.51. The van der Waals surface area contributed by atoms with Gasteiger partial charge in [-0.25, -0.2) is 0 Å². The molecule has 2 saturated heterocycles. The lowest BCUT2D eigenvalue weighted by molar-refractivity contribution is -0.135. The molecule has 18 heavy (non-hydrogen) atoms. The zero-order valence-electron chi connectivity index (χ0n) is 11.8. The average molecular weight is 254 g/mol. The highest BCUT2D eigenvalue weighted by Gasteiger charge is 2.42. The molecule has 1 N–H and O–H groups in total. The first kappa shape index (κ1) is 13.8. The summed E-state index contributed by atoms with van der Waals surface area (Å²) in [6, 6.07) is 0.390. The molecule has 2 aliphatic rings. The molecule has 2 heterocycles. The maximum Gasteiger partial charge on any atom is 0.241 e. The van der Waals surface area contributed by atoms with Crippen molar-refractivity contribution >= 4 is 5.91 Å². The van der Waals surface area contributed by atoms with Gasteiger partial charge in [0.25, 0.3) is 0 Å². The van der Waals surface area contributed by atoms with Gasteiger partial charge in [0.15, 0.2) is 0 Å². The normalized spacial score (nSPS) is 37.3. The third-order valence-electron chi connectivity index (χ3n) is 4.10. The van der Waals surface area contributed by atoms with Crippen LogP contribution in [0.1, 0.15) is 52.9 Å². The van der Waals surface area contributed by atoms with Crippen LogP contribution in [0.15, 0.2) is 0 Å². The molecule has 0 spiro atoms. The first-order valence-corrected chi connectivity index (χ1v) is 7.37. The maximum atomic E-state index is 12.5. The lowest BCUT2D eigenvalue weighted by Crippen LogP contribution is -2.48. The number of nitrogens with zero attached hydrogens (tertiary/aromatic N) is 1. The molecule has 0 saturated carbocycles. The minimum absolute atomic E-state index is 0.0275. The van der Waals surface area contributed by atoms with E-state index in [4.69, 9.17) is 4.74 Å². The van der Waals surface area contributed by atoms with E-state index >= 15 is 0 Å². The molecule has 4 nitrogen and oxygen atoms in total. The van der Waals surface area contributed by atoms with Crippen LogP contribution in [-0.4, -0.2) is 41.8 Å². The highest BCUT2D eigenvalue weighted by atomic mass is 16.5. The summed E-state index contributed by atoms with van der Waals surface area (Å²) in [4.78, 5) is 14.6. The van der Waals surface area contributed by atoms with Crippen molar-refractivity contribution in [2.45, 2.75) is 77.2 Å². The van der Waals surface area contributed by atoms with Gasteiger partial charge in [0.2, 0.25) is 5.91 Å². The highest BCUT2D eigenvalue weighted by molar-refractivity contribution is 5.84. The Labute approximate surface area is 110 Å². The van der Waals surface area contributed by atoms with Crippen molar-refractivity contribution < 1.29 is 9.53 Å². The van der Waals surface area contributed by atoms with E-state index in [-0.39, 0.29) is 18.3 Å². The van der Waals surface area contributed by atoms with E-state index in [1.54, 1.807) is 0 Å². The predicted molar refractivity (Wildman–Crippen MR) is 71.2 cm³/mol. The Bertz CT molecular complexity index is 296. The van der Waals surface area contributed by atoms with Crippen molar-refractivity contribution in [2.24, 2.45) is 0 Å². The van der Waals surface area contributed by atoms with Crippen LogP contribution >= 0.6 is 0 Å². The van der Waals surface area contributed by atoms with Crippen molar-refractivity contribution in [3.8, 4) is 0 Å². The molecule has 4 heteroatoms. The van der Waals surface area contributed by atoms with Crippen LogP contribution in [0, 0.1) is 0 Å². The first-order chi connectivity index (χ1) is 8.67. The van der Waals surface area contributed by atoms with E-state index < -0.39 is 0 Å². The van der Waals surface area contributed by atoms with E-state index in [1.165, 1.54) is 0 Å². The van der Waals surface area contributed by atoms with Crippen LogP contribution in [0.2, 0.25) is 0 Å². The molecule has 0 aliphatic carbocycles. The number of carbonyl (C=O) groups is 1. The Morgan fingerprint density at radius 1 is 1.44 bits per heavy atom. The molecule has 0 aromatic heterocycles. The largest absolute Gasteiger partial charge is 0.378 e. The minimum atomic E-state index is 0.0275. The number of rotatable bonds is 4. The molecule has 2 rings (SSSR count). The van der Waals surface area contributed by atoms with Gasteiger partial charge in [0, 0.05) is 12.6 Å². The smallest absolute Gasteiger partial charge is 0.241 e. The van der Waals surface area contributed by atoms with Crippen LogP contribution < -0.4 is 5.32 Å². The molecule has 0 radical (unpaired) electrons. The number of carbonyl (C=O) groups excluding carboxylic acids is 1. The van der Waals surface area contributed by atoms with E-state index in [0.717, 1.165) is 38.7 Å². The zero-order valence-corrected chi connectivity index (χ0v) is 11.8. The SMILES string of the molecule is CCCC1NC(CC)C(=O)N1C1CCOC(C)C1. The standard InChI is InChI=1S/C14H26N2O2/c1-4-6-13-15-12(5-2)14(17)16(13)11-7-8-18-10(3)9-11/h10-13,15H,4-9H2,1-3H3. The van der Waals surface area contributed by atoms with Gasteiger partial charge in [-0.2, -0.15) is 0 Å². The Hall–Kier alpha value is -0.610. The van der Waals surface area contributed by atoms with E-state index in [1.807, 2.05) is 0 Å². The predicted octanol–water partition coefficient (Wildman–Crippen LogP) is 1.89.